The zero-order valence-corrected chi connectivity index (χ0v) is 21.3. The maximum absolute atomic E-state index is 13.6. The summed E-state index contributed by atoms with van der Waals surface area (Å²) >= 11 is 7.02. The lowest BCUT2D eigenvalue weighted by Crippen LogP contribution is -2.25. The fraction of sp³-hybridized carbons (Fsp3) is 0.160. The minimum Gasteiger partial charge on any atom is -0.324 e. The molecule has 0 bridgehead atoms. The predicted molar refractivity (Wildman–Crippen MR) is 142 cm³/mol. The number of carbonyl (C=O) groups excluding carboxylic acids is 1. The van der Waals surface area contributed by atoms with Gasteiger partial charge in [0.2, 0.25) is 11.9 Å². The number of benzene rings is 2. The first-order valence-corrected chi connectivity index (χ1v) is 12.9. The Morgan fingerprint density at radius 3 is 1.47 bits per heavy atom. The standard InChI is InChI=1S/C25H22Br2N6O/c26-15-19(21-11-13-28-24(32-21)30-17-7-3-1-4-8-17)23(34)20(16-27)22-12-14-29-25(33-22)31-18-9-5-2-6-10-18/h1-14,19-20H,15-16H2,(H,28,30,32)(H,29,31,33). The molecule has 2 atom stereocenters. The van der Waals surface area contributed by atoms with Gasteiger partial charge in [0, 0.05) is 34.4 Å². The molecule has 0 aliphatic heterocycles. The van der Waals surface area contributed by atoms with Gasteiger partial charge in [0.15, 0.2) is 5.78 Å². The molecule has 0 amide bonds. The Morgan fingerprint density at radius 1 is 0.676 bits per heavy atom. The Labute approximate surface area is 214 Å². The minimum absolute atomic E-state index is 0.00229. The SMILES string of the molecule is O=C(C(CBr)c1ccnc(Nc2ccccc2)n1)C(CBr)c1ccnc(Nc2ccccc2)n1. The first kappa shape index (κ1) is 24.0. The minimum atomic E-state index is -0.470. The molecule has 4 rings (SSSR count). The zero-order chi connectivity index (χ0) is 23.8. The maximum Gasteiger partial charge on any atom is 0.227 e. The number of carbonyl (C=O) groups is 1. The van der Waals surface area contributed by atoms with Gasteiger partial charge in [-0.1, -0.05) is 68.3 Å². The van der Waals surface area contributed by atoms with Crippen molar-refractivity contribution in [2.75, 3.05) is 21.3 Å². The van der Waals surface area contributed by atoms with Crippen molar-refractivity contribution in [2.24, 2.45) is 0 Å². The van der Waals surface area contributed by atoms with Crippen LogP contribution < -0.4 is 10.6 Å². The molecule has 0 aliphatic carbocycles. The molecule has 2 aromatic carbocycles. The number of hydrogen-bond acceptors (Lipinski definition) is 7. The third-order valence-corrected chi connectivity index (χ3v) is 6.42. The van der Waals surface area contributed by atoms with Crippen LogP contribution in [0.4, 0.5) is 23.3 Å². The van der Waals surface area contributed by atoms with Crippen molar-refractivity contribution in [3.63, 3.8) is 0 Å². The van der Waals surface area contributed by atoms with Crippen molar-refractivity contribution in [2.45, 2.75) is 11.8 Å². The molecule has 34 heavy (non-hydrogen) atoms. The van der Waals surface area contributed by atoms with Crippen LogP contribution in [-0.2, 0) is 4.79 Å². The number of halogens is 2. The lowest BCUT2D eigenvalue weighted by Gasteiger charge is -2.20. The molecule has 2 unspecified atom stereocenters. The van der Waals surface area contributed by atoms with Crippen LogP contribution in [-0.4, -0.2) is 36.4 Å². The third kappa shape index (κ3) is 6.03. The fourth-order valence-electron chi connectivity index (χ4n) is 3.40. The summed E-state index contributed by atoms with van der Waals surface area (Å²) in [5, 5.41) is 7.22. The highest BCUT2D eigenvalue weighted by Crippen LogP contribution is 2.29. The van der Waals surface area contributed by atoms with E-state index in [4.69, 9.17) is 0 Å². The molecule has 0 fully saturated rings. The quantitative estimate of drug-likeness (QED) is 0.222. The summed E-state index contributed by atoms with van der Waals surface area (Å²) in [6.07, 6.45) is 3.32. The second kappa shape index (κ2) is 11.8. The van der Waals surface area contributed by atoms with Gasteiger partial charge in [0.25, 0.3) is 0 Å². The van der Waals surface area contributed by atoms with E-state index >= 15 is 0 Å². The van der Waals surface area contributed by atoms with Crippen molar-refractivity contribution >= 4 is 60.9 Å². The molecule has 0 saturated carbocycles. The average molecular weight is 582 g/mol. The summed E-state index contributed by atoms with van der Waals surface area (Å²) in [5.74, 6) is -0.0596. The maximum atomic E-state index is 13.6. The molecule has 2 heterocycles. The average Bonchev–Trinajstić information content (AvgIpc) is 2.87. The highest BCUT2D eigenvalue weighted by Gasteiger charge is 2.30. The van der Waals surface area contributed by atoms with Crippen LogP contribution in [0.25, 0.3) is 0 Å². The molecule has 0 saturated heterocycles. The highest BCUT2D eigenvalue weighted by molar-refractivity contribution is 9.09. The number of ketones is 1. The summed E-state index contributed by atoms with van der Waals surface area (Å²) in [6, 6.07) is 22.9. The van der Waals surface area contributed by atoms with Crippen LogP contribution in [0.3, 0.4) is 0 Å². The number of anilines is 4. The van der Waals surface area contributed by atoms with Gasteiger partial charge in [-0.25, -0.2) is 19.9 Å². The highest BCUT2D eigenvalue weighted by atomic mass is 79.9. The van der Waals surface area contributed by atoms with Gasteiger partial charge in [-0.3, -0.25) is 4.79 Å². The van der Waals surface area contributed by atoms with Crippen LogP contribution >= 0.6 is 31.9 Å². The number of rotatable bonds is 10. The van der Waals surface area contributed by atoms with E-state index in [0.29, 0.717) is 33.9 Å². The van der Waals surface area contributed by atoms with Gasteiger partial charge in [0.1, 0.15) is 0 Å². The Bertz CT molecular complexity index is 1130. The van der Waals surface area contributed by atoms with E-state index in [-0.39, 0.29) is 5.78 Å². The number of nitrogens with one attached hydrogen (secondary N) is 2. The van der Waals surface area contributed by atoms with E-state index in [1.165, 1.54) is 0 Å². The Morgan fingerprint density at radius 2 is 1.09 bits per heavy atom. The van der Waals surface area contributed by atoms with Crippen molar-refractivity contribution in [1.82, 2.24) is 19.9 Å². The molecule has 0 radical (unpaired) electrons. The van der Waals surface area contributed by atoms with Crippen molar-refractivity contribution in [3.8, 4) is 0 Å². The molecular formula is C25H22Br2N6O. The lowest BCUT2D eigenvalue weighted by molar-refractivity contribution is -0.121. The van der Waals surface area contributed by atoms with Crippen molar-refractivity contribution in [1.29, 1.82) is 0 Å². The second-order valence-corrected chi connectivity index (χ2v) is 8.70. The topological polar surface area (TPSA) is 92.7 Å². The summed E-state index contributed by atoms with van der Waals surface area (Å²) in [7, 11) is 0. The second-order valence-electron chi connectivity index (χ2n) is 7.41. The Balaban J connectivity index is 1.55. The van der Waals surface area contributed by atoms with E-state index in [1.54, 1.807) is 24.5 Å². The normalized spacial score (nSPS) is 12.5. The molecule has 4 aromatic rings. The molecule has 2 aromatic heterocycles. The number of para-hydroxylation sites is 2. The number of aromatic nitrogens is 4. The van der Waals surface area contributed by atoms with Crippen molar-refractivity contribution < 1.29 is 4.79 Å². The van der Waals surface area contributed by atoms with Crippen molar-refractivity contribution in [3.05, 3.63) is 96.6 Å². The van der Waals surface area contributed by atoms with Gasteiger partial charge in [-0.2, -0.15) is 0 Å². The first-order chi connectivity index (χ1) is 16.7. The summed E-state index contributed by atoms with van der Waals surface area (Å²) < 4.78 is 0. The smallest absolute Gasteiger partial charge is 0.227 e. The Hall–Kier alpha value is -3.17. The molecule has 7 nitrogen and oxygen atoms in total. The fourth-order valence-corrected chi connectivity index (χ4v) is 4.70. The molecule has 0 aliphatic rings. The monoisotopic (exact) mass is 580 g/mol. The van der Waals surface area contributed by atoms with Gasteiger partial charge >= 0.3 is 0 Å². The first-order valence-electron chi connectivity index (χ1n) is 10.6. The molecule has 0 spiro atoms. The van der Waals surface area contributed by atoms with Crippen LogP contribution in [0, 0.1) is 0 Å². The van der Waals surface area contributed by atoms with E-state index in [9.17, 15) is 4.79 Å². The van der Waals surface area contributed by atoms with Crippen LogP contribution in [0.15, 0.2) is 85.2 Å². The number of Topliss-reactive ketones (excluding diaryl/α,β-unsaturated/α-hetero) is 1. The summed E-state index contributed by atoms with van der Waals surface area (Å²) in [6.45, 7) is 0. The van der Waals surface area contributed by atoms with Gasteiger partial charge in [-0.15, -0.1) is 0 Å². The molecular weight excluding hydrogens is 560 g/mol. The Kier molecular flexibility index (Phi) is 8.32. The van der Waals surface area contributed by atoms with Crippen LogP contribution in [0.5, 0.6) is 0 Å². The summed E-state index contributed by atoms with van der Waals surface area (Å²) in [4.78, 5) is 31.4. The zero-order valence-electron chi connectivity index (χ0n) is 18.1. The lowest BCUT2D eigenvalue weighted by atomic mass is 9.90. The number of nitrogens with zero attached hydrogens (tertiary/aromatic N) is 4. The van der Waals surface area contributed by atoms with Crippen LogP contribution in [0.2, 0.25) is 0 Å². The van der Waals surface area contributed by atoms with Crippen LogP contribution in [0.1, 0.15) is 23.2 Å². The number of hydrogen-bond donors (Lipinski definition) is 2. The summed E-state index contributed by atoms with van der Waals surface area (Å²) in [5.41, 5.74) is 3.02. The van der Waals surface area contributed by atoms with E-state index in [1.807, 2.05) is 60.7 Å². The van der Waals surface area contributed by atoms with Gasteiger partial charge in [0.05, 0.1) is 23.2 Å². The van der Waals surface area contributed by atoms with Gasteiger partial charge < -0.3 is 10.6 Å². The molecule has 172 valence electrons. The third-order valence-electron chi connectivity index (χ3n) is 5.12. The molecule has 9 heteroatoms. The predicted octanol–water partition coefficient (Wildman–Crippen LogP) is 5.98. The molecule has 2 N–H and O–H groups in total. The van der Waals surface area contributed by atoms with Gasteiger partial charge in [-0.05, 0) is 36.4 Å². The largest absolute Gasteiger partial charge is 0.324 e. The van der Waals surface area contributed by atoms with E-state index in [0.717, 1.165) is 11.4 Å². The van der Waals surface area contributed by atoms with E-state index in [2.05, 4.69) is 62.4 Å². The van der Waals surface area contributed by atoms with E-state index < -0.39 is 11.8 Å². The number of alkyl halides is 2.